The number of nitrogens with zero attached hydrogens (tertiary/aromatic N) is 1. The maximum atomic E-state index is 10.3. The van der Waals surface area contributed by atoms with Gasteiger partial charge in [-0.3, -0.25) is 4.79 Å². The van der Waals surface area contributed by atoms with E-state index in [0.717, 1.165) is 57.6 Å². The van der Waals surface area contributed by atoms with E-state index in [9.17, 15) is 4.79 Å². The van der Waals surface area contributed by atoms with Crippen molar-refractivity contribution in [1.29, 1.82) is 0 Å². The Morgan fingerprint density at radius 2 is 1.97 bits per heavy atom. The second-order valence-corrected chi connectivity index (χ2v) is 8.09. The molecule has 0 saturated heterocycles. The topological polar surface area (TPSA) is 41.6 Å². The molecule has 1 heterocycles. The Balaban J connectivity index is 1.70. The van der Waals surface area contributed by atoms with E-state index in [0.29, 0.717) is 10.9 Å². The van der Waals surface area contributed by atoms with Crippen LogP contribution >= 0.6 is 11.6 Å². The maximum Gasteiger partial charge on any atom is 0.207 e. The lowest BCUT2D eigenvalue weighted by Crippen LogP contribution is -2.30. The molecule has 0 radical (unpaired) electrons. The quantitative estimate of drug-likeness (QED) is 0.454. The minimum Gasteiger partial charge on any atom is -0.495 e. The molecular formula is C24H31ClN2O2. The third kappa shape index (κ3) is 5.97. The molecule has 3 rings (SSSR count). The van der Waals surface area contributed by atoms with Crippen molar-refractivity contribution in [2.24, 2.45) is 0 Å². The number of fused-ring (bicyclic) bond motifs is 1. The first-order valence-corrected chi connectivity index (χ1v) is 10.9. The summed E-state index contributed by atoms with van der Waals surface area (Å²) in [5, 5.41) is 3.42. The van der Waals surface area contributed by atoms with Crippen molar-refractivity contribution < 1.29 is 9.53 Å². The van der Waals surface area contributed by atoms with Gasteiger partial charge in [-0.05, 0) is 54.6 Å². The van der Waals surface area contributed by atoms with Crippen molar-refractivity contribution in [1.82, 2.24) is 10.2 Å². The van der Waals surface area contributed by atoms with Gasteiger partial charge in [0.25, 0.3) is 0 Å². The molecule has 156 valence electrons. The summed E-state index contributed by atoms with van der Waals surface area (Å²) in [5.41, 5.74) is 4.00. The van der Waals surface area contributed by atoms with Crippen molar-refractivity contribution in [2.75, 3.05) is 33.3 Å². The molecule has 1 aliphatic rings. The first-order valence-electron chi connectivity index (χ1n) is 10.5. The monoisotopic (exact) mass is 414 g/mol. The minimum absolute atomic E-state index is 0.316. The summed E-state index contributed by atoms with van der Waals surface area (Å²) in [6.07, 6.45) is 6.37. The fourth-order valence-corrected chi connectivity index (χ4v) is 4.45. The van der Waals surface area contributed by atoms with Crippen LogP contribution in [-0.4, -0.2) is 44.6 Å². The second-order valence-electron chi connectivity index (χ2n) is 7.69. The summed E-state index contributed by atoms with van der Waals surface area (Å²) in [7, 11) is 1.68. The van der Waals surface area contributed by atoms with Gasteiger partial charge in [-0.2, -0.15) is 0 Å². The lowest BCUT2D eigenvalue weighted by atomic mass is 9.88. The number of methoxy groups -OCH3 is 1. The Morgan fingerprint density at radius 3 is 2.72 bits per heavy atom. The molecule has 0 aromatic heterocycles. The van der Waals surface area contributed by atoms with Crippen molar-refractivity contribution in [3.63, 3.8) is 0 Å². The lowest BCUT2D eigenvalue weighted by molar-refractivity contribution is -0.109. The molecule has 5 heteroatoms. The Hall–Kier alpha value is -2.04. The van der Waals surface area contributed by atoms with Crippen LogP contribution in [0.2, 0.25) is 5.02 Å². The van der Waals surface area contributed by atoms with E-state index >= 15 is 0 Å². The van der Waals surface area contributed by atoms with Gasteiger partial charge in [0, 0.05) is 25.6 Å². The molecule has 1 aliphatic heterocycles. The Labute approximate surface area is 179 Å². The van der Waals surface area contributed by atoms with Crippen molar-refractivity contribution >= 4 is 18.0 Å². The molecular weight excluding hydrogens is 384 g/mol. The van der Waals surface area contributed by atoms with Gasteiger partial charge < -0.3 is 15.0 Å². The van der Waals surface area contributed by atoms with E-state index in [2.05, 4.69) is 52.7 Å². The Morgan fingerprint density at radius 1 is 1.17 bits per heavy atom. The molecule has 29 heavy (non-hydrogen) atoms. The molecule has 1 unspecified atom stereocenters. The lowest BCUT2D eigenvalue weighted by Gasteiger charge is -2.25. The molecule has 0 fully saturated rings. The fraction of sp³-hybridized carbons (Fsp3) is 0.458. The van der Waals surface area contributed by atoms with E-state index in [1.165, 1.54) is 29.5 Å². The van der Waals surface area contributed by atoms with Gasteiger partial charge in [0.05, 0.1) is 12.1 Å². The average Bonchev–Trinajstić information content (AvgIpc) is 2.92. The van der Waals surface area contributed by atoms with Crippen LogP contribution in [-0.2, 0) is 11.2 Å². The van der Waals surface area contributed by atoms with Crippen LogP contribution in [0.5, 0.6) is 5.75 Å². The molecule has 1 atom stereocenters. The van der Waals surface area contributed by atoms with Crippen molar-refractivity contribution in [3.05, 3.63) is 64.2 Å². The molecule has 2 aromatic carbocycles. The molecule has 0 bridgehead atoms. The summed E-state index contributed by atoms with van der Waals surface area (Å²) < 4.78 is 5.51. The highest BCUT2D eigenvalue weighted by molar-refractivity contribution is 6.32. The van der Waals surface area contributed by atoms with Crippen LogP contribution in [0.25, 0.3) is 0 Å². The van der Waals surface area contributed by atoms with Crippen molar-refractivity contribution in [3.8, 4) is 5.75 Å². The van der Waals surface area contributed by atoms with Crippen LogP contribution < -0.4 is 10.1 Å². The number of benzene rings is 2. The number of hydrogen-bond donors (Lipinski definition) is 1. The fourth-order valence-electron chi connectivity index (χ4n) is 4.18. The number of amides is 1. The summed E-state index contributed by atoms with van der Waals surface area (Å²) in [5.74, 6) is 1.07. The van der Waals surface area contributed by atoms with Crippen LogP contribution in [0.4, 0.5) is 0 Å². The number of hydrogen-bond acceptors (Lipinski definition) is 3. The number of nitrogens with one attached hydrogen (secondary N) is 1. The first kappa shape index (κ1) is 21.7. The van der Waals surface area contributed by atoms with Gasteiger partial charge in [0.1, 0.15) is 5.75 Å². The van der Waals surface area contributed by atoms with Crippen LogP contribution in [0.1, 0.15) is 48.3 Å². The molecule has 0 spiro atoms. The molecule has 1 N–H and O–H groups in total. The molecule has 0 aliphatic carbocycles. The number of rotatable bonds is 10. The zero-order chi connectivity index (χ0) is 20.5. The molecule has 0 saturated carbocycles. The summed E-state index contributed by atoms with van der Waals surface area (Å²) in [6.45, 7) is 3.94. The standard InChI is InChI=1S/C24H31ClN2O2/c1-29-24-16-21-20(15-23(24)25)11-14-27(13-8-3-2-7-12-26-18-28)17-22(21)19-9-5-4-6-10-19/h4-6,9-10,15-16,18,22H,2-3,7-8,11-14,17H2,1H3,(H,26,28). The Bertz CT molecular complexity index is 782. The van der Waals surface area contributed by atoms with E-state index in [1.807, 2.05) is 0 Å². The highest BCUT2D eigenvalue weighted by Crippen LogP contribution is 2.37. The normalized spacial score (nSPS) is 16.7. The van der Waals surface area contributed by atoms with Gasteiger partial charge in [-0.25, -0.2) is 0 Å². The second kappa shape index (κ2) is 11.2. The Kier molecular flexibility index (Phi) is 8.38. The first-order chi connectivity index (χ1) is 14.2. The highest BCUT2D eigenvalue weighted by Gasteiger charge is 2.25. The maximum absolute atomic E-state index is 10.3. The largest absolute Gasteiger partial charge is 0.495 e. The van der Waals surface area contributed by atoms with Crippen LogP contribution in [0, 0.1) is 0 Å². The zero-order valence-electron chi connectivity index (χ0n) is 17.2. The third-order valence-electron chi connectivity index (χ3n) is 5.76. The van der Waals surface area contributed by atoms with E-state index in [-0.39, 0.29) is 0 Å². The third-order valence-corrected chi connectivity index (χ3v) is 6.05. The minimum atomic E-state index is 0.316. The average molecular weight is 415 g/mol. The molecule has 1 amide bonds. The summed E-state index contributed by atoms with van der Waals surface area (Å²) in [4.78, 5) is 12.9. The highest BCUT2D eigenvalue weighted by atomic mass is 35.5. The smallest absolute Gasteiger partial charge is 0.207 e. The van der Waals surface area contributed by atoms with E-state index < -0.39 is 0 Å². The summed E-state index contributed by atoms with van der Waals surface area (Å²) >= 11 is 6.43. The predicted octanol–water partition coefficient (Wildman–Crippen LogP) is 4.65. The number of unbranched alkanes of at least 4 members (excludes halogenated alkanes) is 3. The molecule has 4 nitrogen and oxygen atoms in total. The van der Waals surface area contributed by atoms with Gasteiger partial charge in [-0.15, -0.1) is 0 Å². The van der Waals surface area contributed by atoms with Gasteiger partial charge in [-0.1, -0.05) is 54.8 Å². The number of carbonyl (C=O) groups excluding carboxylic acids is 1. The van der Waals surface area contributed by atoms with E-state index in [1.54, 1.807) is 7.11 Å². The number of carbonyl (C=O) groups is 1. The van der Waals surface area contributed by atoms with Gasteiger partial charge in [0.2, 0.25) is 6.41 Å². The predicted molar refractivity (Wildman–Crippen MR) is 119 cm³/mol. The summed E-state index contributed by atoms with van der Waals surface area (Å²) in [6, 6.07) is 15.0. The van der Waals surface area contributed by atoms with Gasteiger partial charge >= 0.3 is 0 Å². The van der Waals surface area contributed by atoms with E-state index in [4.69, 9.17) is 16.3 Å². The zero-order valence-corrected chi connectivity index (χ0v) is 18.0. The molecule has 2 aromatic rings. The van der Waals surface area contributed by atoms with Crippen LogP contribution in [0.15, 0.2) is 42.5 Å². The van der Waals surface area contributed by atoms with Gasteiger partial charge in [0.15, 0.2) is 0 Å². The number of halogens is 1. The van der Waals surface area contributed by atoms with Crippen LogP contribution in [0.3, 0.4) is 0 Å². The SMILES string of the molecule is COc1cc2c(cc1Cl)CCN(CCCCCCNC=O)CC2c1ccccc1. The van der Waals surface area contributed by atoms with Crippen molar-refractivity contribution in [2.45, 2.75) is 38.0 Å². The number of ether oxygens (including phenoxy) is 1.